The minimum Gasteiger partial charge on any atom is -0.507 e. The normalized spacial score (nSPS) is 11.6. The lowest BCUT2D eigenvalue weighted by Gasteiger charge is -2.13. The molecule has 0 saturated carbocycles. The van der Waals surface area contributed by atoms with E-state index in [0.717, 1.165) is 170 Å². The summed E-state index contributed by atoms with van der Waals surface area (Å²) in [6.45, 7) is 15.3. The summed E-state index contributed by atoms with van der Waals surface area (Å²) in [5.41, 5.74) is 13.7. The highest BCUT2D eigenvalue weighted by atomic mass is 16.5. The van der Waals surface area contributed by atoms with Gasteiger partial charge in [0.1, 0.15) is 67.7 Å². The maximum atomic E-state index is 10.5. The Morgan fingerprint density at radius 1 is 0.178 bits per heavy atom. The second kappa shape index (κ2) is 38.1. The number of phenolic OH excluding ortho intramolecular Hbond substituents is 4. The van der Waals surface area contributed by atoms with Crippen LogP contribution in [-0.2, 0) is 0 Å². The average Bonchev–Trinajstić information content (AvgIpc) is 1.55. The van der Waals surface area contributed by atoms with Gasteiger partial charge in [0.2, 0.25) is 0 Å². The highest BCUT2D eigenvalue weighted by Crippen LogP contribution is 2.48. The number of phenols is 4. The van der Waals surface area contributed by atoms with Crippen molar-refractivity contribution in [3.8, 4) is 149 Å². The van der Waals surface area contributed by atoms with E-state index in [1.54, 1.807) is 72.8 Å². The van der Waals surface area contributed by atoms with Gasteiger partial charge in [-0.2, -0.15) is 39.9 Å². The molecule has 0 radical (unpaired) electrons. The molecule has 24 heteroatoms. The largest absolute Gasteiger partial charge is 0.507 e. The monoisotopic (exact) mass is 1910 g/mol. The Balaban J connectivity index is 0.000000108. The van der Waals surface area contributed by atoms with Crippen molar-refractivity contribution in [3.63, 3.8) is 0 Å². The van der Waals surface area contributed by atoms with Crippen LogP contribution in [0.3, 0.4) is 0 Å². The Bertz CT molecular complexity index is 9600. The minimum absolute atomic E-state index is 0.0851. The molecule has 0 unspecified atom stereocenters. The van der Waals surface area contributed by atoms with Gasteiger partial charge in [-0.1, -0.05) is 237 Å². The highest BCUT2D eigenvalue weighted by molar-refractivity contribution is 6.29. The fraction of sp³-hybridized carbons (Fsp3) is 0.0984. The number of hydrogen-bond acceptors (Lipinski definition) is 24. The third-order valence-corrected chi connectivity index (χ3v) is 25.1. The van der Waals surface area contributed by atoms with E-state index in [4.69, 9.17) is 61.5 Å². The highest BCUT2D eigenvalue weighted by Gasteiger charge is 2.28. The summed E-state index contributed by atoms with van der Waals surface area (Å²) in [7, 11) is 0. The Morgan fingerprint density at radius 3 is 0.938 bits per heavy atom. The fourth-order valence-corrected chi connectivity index (χ4v) is 18.7. The van der Waals surface area contributed by atoms with E-state index in [0.29, 0.717) is 68.8 Å². The van der Waals surface area contributed by atoms with Gasteiger partial charge in [0, 0.05) is 65.3 Å². The van der Waals surface area contributed by atoms with Crippen LogP contribution in [0.25, 0.3) is 244 Å². The van der Waals surface area contributed by atoms with Gasteiger partial charge in [-0.25, -0.2) is 19.9 Å². The van der Waals surface area contributed by atoms with Crippen molar-refractivity contribution in [2.45, 2.75) is 79.8 Å². The lowest BCUT2D eigenvalue weighted by Crippen LogP contribution is -2.10. The standard InChI is InChI=1S/C34H25N3O3.C32H23N3O3.2C28H21N3O3/c1-20(2)39-34-36-32(25-14-8-9-15-28(25)38)35-33(37-34)27-19-30-31(24-13-7-6-12-23(24)27)26-17-16-22(18-29(26)40-30)21-10-4-3-5-11-21;1-18(2)37-32-34-30(23-13-7-8-14-25(23)36)33-31(35-32)24-17-27-29(22-12-6-5-11-21(22)24)28-20-10-4-3-9-19(20)15-16-26(28)38-27;1-16(2)33-28-30-26(19-11-5-7-13-22(19)32)29-27(31-28)21-15-24-25(18-10-4-3-9-17(18)21)20-12-6-8-14-23(20)34-24;1-16(2)33-28-30-26(29-27(31-28)21-9-5-6-10-23(21)32)19-11-12-20-22-13-17-7-3-4-8-18(17)14-25(22)34-24(20)15-19/h3-20,38H,1-2H3;3-18,36H,1-2H3;2*3-16,32H,1-2H3. The van der Waals surface area contributed by atoms with Crippen LogP contribution in [-0.4, -0.2) is 105 Å². The van der Waals surface area contributed by atoms with Crippen LogP contribution in [0.1, 0.15) is 55.4 Å². The van der Waals surface area contributed by atoms with Crippen molar-refractivity contribution in [1.82, 2.24) is 59.8 Å². The Kier molecular flexibility index (Phi) is 23.7. The predicted molar refractivity (Wildman–Crippen MR) is 575 cm³/mol. The average molecular weight is 1920 g/mol. The molecule has 24 nitrogen and oxygen atoms in total. The molecule has 710 valence electrons. The summed E-state index contributed by atoms with van der Waals surface area (Å²) in [4.78, 5) is 55.5. The number of ether oxygens (including phenoxy) is 4. The van der Waals surface area contributed by atoms with Crippen LogP contribution < -0.4 is 18.9 Å². The van der Waals surface area contributed by atoms with Crippen molar-refractivity contribution in [2.75, 3.05) is 0 Å². The quantitative estimate of drug-likeness (QED) is 0.0658. The van der Waals surface area contributed by atoms with Crippen molar-refractivity contribution in [3.05, 3.63) is 352 Å². The third kappa shape index (κ3) is 17.6. The van der Waals surface area contributed by atoms with Crippen LogP contribution in [0.4, 0.5) is 0 Å². The summed E-state index contributed by atoms with van der Waals surface area (Å²) >= 11 is 0. The van der Waals surface area contributed by atoms with E-state index in [1.807, 2.05) is 213 Å². The molecule has 26 aromatic rings. The molecule has 4 N–H and O–H groups in total. The Morgan fingerprint density at radius 2 is 0.479 bits per heavy atom. The van der Waals surface area contributed by atoms with Crippen molar-refractivity contribution in [2.24, 2.45) is 0 Å². The van der Waals surface area contributed by atoms with E-state index in [2.05, 4.69) is 156 Å². The molecule has 0 saturated heterocycles. The molecule has 0 aliphatic heterocycles. The van der Waals surface area contributed by atoms with Crippen LogP contribution in [0.15, 0.2) is 370 Å². The molecule has 0 bridgehead atoms. The van der Waals surface area contributed by atoms with Crippen molar-refractivity contribution < 1.29 is 57.0 Å². The van der Waals surface area contributed by atoms with Gasteiger partial charge < -0.3 is 57.0 Å². The van der Waals surface area contributed by atoms with Gasteiger partial charge in [-0.15, -0.1) is 0 Å². The summed E-state index contributed by atoms with van der Waals surface area (Å²) in [5.74, 6) is 3.48. The Labute approximate surface area is 834 Å². The maximum absolute atomic E-state index is 10.5. The molecule has 18 aromatic carbocycles. The fourth-order valence-electron chi connectivity index (χ4n) is 18.7. The molecule has 146 heavy (non-hydrogen) atoms. The first kappa shape index (κ1) is 90.7. The summed E-state index contributed by atoms with van der Waals surface area (Å²) in [6, 6.07) is 115. The van der Waals surface area contributed by atoms with Crippen molar-refractivity contribution >= 4 is 142 Å². The number of rotatable bonds is 17. The molecule has 26 rings (SSSR count). The molecule has 0 fully saturated rings. The predicted octanol–water partition coefficient (Wildman–Crippen LogP) is 29.8. The van der Waals surface area contributed by atoms with Crippen LogP contribution in [0.5, 0.6) is 47.0 Å². The lowest BCUT2D eigenvalue weighted by atomic mass is 9.96. The van der Waals surface area contributed by atoms with Gasteiger partial charge in [-0.3, -0.25) is 0 Å². The van der Waals surface area contributed by atoms with Gasteiger partial charge >= 0.3 is 24.0 Å². The van der Waals surface area contributed by atoms with Crippen LogP contribution in [0, 0.1) is 0 Å². The molecular weight excluding hydrogens is 1830 g/mol. The molecule has 0 atom stereocenters. The smallest absolute Gasteiger partial charge is 0.320 e. The molecule has 0 aliphatic rings. The number of aromatic hydroxyl groups is 4. The number of para-hydroxylation sites is 5. The van der Waals surface area contributed by atoms with E-state index < -0.39 is 0 Å². The minimum atomic E-state index is -0.138. The number of nitrogens with zero attached hydrogens (tertiary/aromatic N) is 12. The number of furan rings is 4. The second-order valence-corrected chi connectivity index (χ2v) is 36.4. The molecule has 8 aromatic heterocycles. The number of fused-ring (bicyclic) bond motifs is 21. The van der Waals surface area contributed by atoms with Gasteiger partial charge in [0.15, 0.2) is 46.6 Å². The number of aromatic nitrogens is 12. The number of hydrogen-bond donors (Lipinski definition) is 4. The lowest BCUT2D eigenvalue weighted by molar-refractivity contribution is 0.221. The summed E-state index contributed by atoms with van der Waals surface area (Å²) in [6.07, 6.45) is -0.507. The molecule has 0 aliphatic carbocycles. The molecular formula is C122H90N12O12. The molecule has 0 amide bonds. The van der Waals surface area contributed by atoms with Gasteiger partial charge in [0.05, 0.1) is 46.7 Å². The van der Waals surface area contributed by atoms with E-state index in [9.17, 15) is 20.4 Å². The Hall–Kier alpha value is -19.1. The number of benzene rings is 18. The van der Waals surface area contributed by atoms with E-state index in [-0.39, 0.29) is 71.5 Å². The third-order valence-electron chi connectivity index (χ3n) is 25.1. The zero-order chi connectivity index (χ0) is 99.5. The zero-order valence-corrected chi connectivity index (χ0v) is 80.2. The first-order valence-corrected chi connectivity index (χ1v) is 48.0. The molecule has 0 spiro atoms. The second-order valence-electron chi connectivity index (χ2n) is 36.4. The SMILES string of the molecule is CC(C)Oc1nc(-c2ccc3c(c2)oc2cc4ccccc4cc23)nc(-c2ccccc2O)n1.CC(C)Oc1nc(-c2ccccc2O)nc(-c2cc3oc4cc(-c5ccccc5)ccc4c3c3ccccc23)n1.CC(C)Oc1nc(-c2ccccc2O)nc(-c2cc3oc4ccc5ccccc5c4c3c3ccccc23)n1.CC(C)Oc1nc(-c2ccccc2O)nc(-c2cc3oc4ccccc4c3c3ccccc23)n1. The van der Waals surface area contributed by atoms with E-state index in [1.165, 1.54) is 5.39 Å². The molecule has 8 heterocycles. The first-order chi connectivity index (χ1) is 71.2. The van der Waals surface area contributed by atoms with Crippen molar-refractivity contribution in [1.29, 1.82) is 0 Å². The zero-order valence-electron chi connectivity index (χ0n) is 80.2. The van der Waals surface area contributed by atoms with Gasteiger partial charge in [0.25, 0.3) is 0 Å². The first-order valence-electron chi connectivity index (χ1n) is 48.0. The van der Waals surface area contributed by atoms with Crippen LogP contribution in [0.2, 0.25) is 0 Å². The maximum Gasteiger partial charge on any atom is 0.320 e. The summed E-state index contributed by atoms with van der Waals surface area (Å²) < 4.78 is 48.8. The van der Waals surface area contributed by atoms with Gasteiger partial charge in [-0.05, 0) is 236 Å². The van der Waals surface area contributed by atoms with Crippen LogP contribution >= 0.6 is 0 Å². The summed E-state index contributed by atoms with van der Waals surface area (Å²) in [5, 5.41) is 61.0. The topological polar surface area (TPSA) is 325 Å². The van der Waals surface area contributed by atoms with E-state index >= 15 is 0 Å².